The maximum atomic E-state index is 5.47. The quantitative estimate of drug-likeness (QED) is 0.190. The second-order valence-electron chi connectivity index (χ2n) is 12.9. The van der Waals surface area contributed by atoms with E-state index in [4.69, 9.17) is 9.97 Å². The van der Waals surface area contributed by atoms with Gasteiger partial charge in [-0.15, -0.1) is 11.3 Å². The van der Waals surface area contributed by atoms with Gasteiger partial charge in [0.1, 0.15) is 5.69 Å². The summed E-state index contributed by atoms with van der Waals surface area (Å²) in [4.78, 5) is 10.8. The third kappa shape index (κ3) is 3.91. The van der Waals surface area contributed by atoms with Crippen molar-refractivity contribution in [1.82, 2.24) is 14.5 Å². The lowest BCUT2D eigenvalue weighted by Crippen LogP contribution is -2.03. The molecule has 11 rings (SSSR count). The molecule has 3 nitrogen and oxygen atoms in total. The molecule has 0 aliphatic carbocycles. The minimum Gasteiger partial charge on any atom is -0.290 e. The van der Waals surface area contributed by atoms with E-state index in [1.165, 1.54) is 69.1 Å². The number of rotatable bonds is 3. The third-order valence-corrected chi connectivity index (χ3v) is 11.3. The first-order chi connectivity index (χ1) is 24.8. The zero-order valence-electron chi connectivity index (χ0n) is 26.8. The molecule has 232 valence electrons. The van der Waals surface area contributed by atoms with Crippen LogP contribution in [-0.4, -0.2) is 14.5 Å². The molecule has 0 atom stereocenters. The van der Waals surface area contributed by atoms with E-state index in [-0.39, 0.29) is 0 Å². The molecule has 4 heteroatoms. The highest BCUT2D eigenvalue weighted by molar-refractivity contribution is 7.27. The molecule has 0 aliphatic rings. The van der Waals surface area contributed by atoms with Gasteiger partial charge in [-0.3, -0.25) is 4.57 Å². The van der Waals surface area contributed by atoms with Gasteiger partial charge < -0.3 is 0 Å². The van der Waals surface area contributed by atoms with Gasteiger partial charge in [0.2, 0.25) is 0 Å². The lowest BCUT2D eigenvalue weighted by atomic mass is 9.96. The molecule has 0 saturated carbocycles. The van der Waals surface area contributed by atoms with Crippen molar-refractivity contribution in [2.45, 2.75) is 0 Å². The molecule has 0 spiro atoms. The third-order valence-electron chi connectivity index (χ3n) is 10.2. The molecular weight excluding hydrogens is 627 g/mol. The van der Waals surface area contributed by atoms with Crippen molar-refractivity contribution in [1.29, 1.82) is 0 Å². The molecule has 50 heavy (non-hydrogen) atoms. The van der Waals surface area contributed by atoms with Gasteiger partial charge in [0.05, 0.1) is 26.8 Å². The van der Waals surface area contributed by atoms with Crippen LogP contribution in [-0.2, 0) is 0 Å². The van der Waals surface area contributed by atoms with Crippen LogP contribution < -0.4 is 0 Å². The van der Waals surface area contributed by atoms with Gasteiger partial charge in [0, 0.05) is 31.8 Å². The Morgan fingerprint density at radius 2 is 1.02 bits per heavy atom. The largest absolute Gasteiger partial charge is 0.290 e. The van der Waals surface area contributed by atoms with Crippen LogP contribution in [0.3, 0.4) is 0 Å². The van der Waals surface area contributed by atoms with Gasteiger partial charge in [0.15, 0.2) is 5.82 Å². The zero-order valence-corrected chi connectivity index (χ0v) is 27.7. The van der Waals surface area contributed by atoms with Crippen LogP contribution in [0.2, 0.25) is 0 Å². The summed E-state index contributed by atoms with van der Waals surface area (Å²) >= 11 is 1.88. The molecule has 0 N–H and O–H groups in total. The van der Waals surface area contributed by atoms with Gasteiger partial charge in [-0.05, 0) is 56.9 Å². The molecule has 0 bridgehead atoms. The molecular formula is C46H27N3S. The lowest BCUT2D eigenvalue weighted by molar-refractivity contribution is 1.08. The lowest BCUT2D eigenvalue weighted by Gasteiger charge is -2.15. The predicted molar refractivity (Wildman–Crippen MR) is 213 cm³/mol. The first kappa shape index (κ1) is 27.6. The summed E-state index contributed by atoms with van der Waals surface area (Å²) in [7, 11) is 0. The number of nitrogens with zero attached hydrogens (tertiary/aromatic N) is 3. The molecule has 8 aromatic carbocycles. The van der Waals surface area contributed by atoms with Crippen LogP contribution in [0.1, 0.15) is 0 Å². The first-order valence-electron chi connectivity index (χ1n) is 16.9. The van der Waals surface area contributed by atoms with Gasteiger partial charge >= 0.3 is 0 Å². The Bertz CT molecular complexity index is 3140. The molecule has 0 saturated heterocycles. The minimum absolute atomic E-state index is 0.834. The zero-order chi connectivity index (χ0) is 32.8. The molecule has 0 amide bonds. The van der Waals surface area contributed by atoms with E-state index in [1.54, 1.807) is 0 Å². The summed E-state index contributed by atoms with van der Waals surface area (Å²) in [6, 6.07) is 58.5. The van der Waals surface area contributed by atoms with Crippen LogP contribution in [0.15, 0.2) is 164 Å². The normalized spacial score (nSPS) is 12.0. The van der Waals surface area contributed by atoms with Crippen LogP contribution in [0.5, 0.6) is 0 Å². The van der Waals surface area contributed by atoms with Gasteiger partial charge in [-0.2, -0.15) is 0 Å². The molecule has 11 aromatic rings. The van der Waals surface area contributed by atoms with Crippen LogP contribution in [0.25, 0.3) is 103 Å². The van der Waals surface area contributed by atoms with Crippen LogP contribution in [0.4, 0.5) is 0 Å². The number of aromatic nitrogens is 3. The highest BCUT2D eigenvalue weighted by Crippen LogP contribution is 2.49. The second kappa shape index (κ2) is 10.6. The molecule has 3 aromatic heterocycles. The summed E-state index contributed by atoms with van der Waals surface area (Å²) in [6.45, 7) is 0. The number of hydrogen-bond acceptors (Lipinski definition) is 3. The fourth-order valence-corrected chi connectivity index (χ4v) is 9.23. The van der Waals surface area contributed by atoms with Gasteiger partial charge in [-0.1, -0.05) is 140 Å². The van der Waals surface area contributed by atoms with Crippen LogP contribution >= 0.6 is 11.3 Å². The van der Waals surface area contributed by atoms with E-state index in [1.807, 2.05) is 23.5 Å². The Kier molecular flexibility index (Phi) is 5.83. The topological polar surface area (TPSA) is 30.7 Å². The Morgan fingerprint density at radius 1 is 0.420 bits per heavy atom. The highest BCUT2D eigenvalue weighted by Gasteiger charge is 2.25. The summed E-state index contributed by atoms with van der Waals surface area (Å²) in [5, 5.41) is 10.2. The van der Waals surface area contributed by atoms with Crippen molar-refractivity contribution in [2.75, 3.05) is 0 Å². The van der Waals surface area contributed by atoms with Crippen molar-refractivity contribution in [3.05, 3.63) is 164 Å². The average molecular weight is 654 g/mol. The second-order valence-corrected chi connectivity index (χ2v) is 14.0. The number of para-hydroxylation sites is 3. The smallest absolute Gasteiger partial charge is 0.165 e. The predicted octanol–water partition coefficient (Wildman–Crippen LogP) is 12.7. The molecule has 3 heterocycles. The van der Waals surface area contributed by atoms with Crippen molar-refractivity contribution >= 4 is 85.9 Å². The maximum Gasteiger partial charge on any atom is 0.165 e. The van der Waals surface area contributed by atoms with E-state index < -0.39 is 0 Å². The van der Waals surface area contributed by atoms with E-state index in [0.29, 0.717) is 0 Å². The summed E-state index contributed by atoms with van der Waals surface area (Å²) in [5.41, 5.74) is 8.30. The maximum absolute atomic E-state index is 5.47. The fraction of sp³-hybridized carbons (Fsp3) is 0. The summed E-state index contributed by atoms with van der Waals surface area (Å²) in [5.74, 6) is 0.834. The number of fused-ring (bicyclic) bond motifs is 13. The average Bonchev–Trinajstić information content (AvgIpc) is 3.75. The fourth-order valence-electron chi connectivity index (χ4n) is 7.95. The standard InChI is InChI=1S/C46H27N3S/c1-2-12-28(13-3-1)29-22-24-31(25-23-29)43-46(48-37-20-10-9-19-36(37)47-43)49-38-21-11-8-18-35(38)40-33-16-6-7-17-34(33)42-41-32-15-5-4-14-30(32)26-27-39(41)50-45(42)44(40)49/h1-27H. The molecule has 0 unspecified atom stereocenters. The van der Waals surface area contributed by atoms with E-state index in [2.05, 4.69) is 156 Å². The Balaban J connectivity index is 1.32. The Labute approximate surface area is 291 Å². The van der Waals surface area contributed by atoms with Crippen molar-refractivity contribution < 1.29 is 0 Å². The SMILES string of the molecule is c1ccc(-c2ccc(-c3nc4ccccc4nc3-n3c4ccccc4c4c5ccccc5c5c(sc6ccc7ccccc7c65)c43)cc2)cc1. The monoisotopic (exact) mass is 653 g/mol. The number of hydrogen-bond donors (Lipinski definition) is 0. The van der Waals surface area contributed by atoms with Crippen LogP contribution in [0, 0.1) is 0 Å². The van der Waals surface area contributed by atoms with Gasteiger partial charge in [0.25, 0.3) is 0 Å². The van der Waals surface area contributed by atoms with E-state index >= 15 is 0 Å². The van der Waals surface area contributed by atoms with Crippen molar-refractivity contribution in [3.8, 4) is 28.2 Å². The Morgan fingerprint density at radius 3 is 1.82 bits per heavy atom. The van der Waals surface area contributed by atoms with E-state index in [0.717, 1.165) is 33.6 Å². The first-order valence-corrected chi connectivity index (χ1v) is 17.7. The molecule has 0 aliphatic heterocycles. The number of thiophene rings is 1. The highest BCUT2D eigenvalue weighted by atomic mass is 32.1. The summed E-state index contributed by atoms with van der Waals surface area (Å²) in [6.07, 6.45) is 0. The van der Waals surface area contributed by atoms with Crippen molar-refractivity contribution in [3.63, 3.8) is 0 Å². The van der Waals surface area contributed by atoms with Crippen molar-refractivity contribution in [2.24, 2.45) is 0 Å². The molecule has 0 fully saturated rings. The minimum atomic E-state index is 0.834. The summed E-state index contributed by atoms with van der Waals surface area (Å²) < 4.78 is 4.95. The Hall–Kier alpha value is -6.36. The molecule has 0 radical (unpaired) electrons. The van der Waals surface area contributed by atoms with Gasteiger partial charge in [-0.25, -0.2) is 9.97 Å². The number of benzene rings is 8. The van der Waals surface area contributed by atoms with E-state index in [9.17, 15) is 0 Å².